The predicted octanol–water partition coefficient (Wildman–Crippen LogP) is 4.64. The van der Waals surface area contributed by atoms with Crippen molar-refractivity contribution >= 4 is 5.82 Å². The Morgan fingerprint density at radius 3 is 2.79 bits per heavy atom. The molecule has 3 heteroatoms. The summed E-state index contributed by atoms with van der Waals surface area (Å²) < 4.78 is 5.71. The summed E-state index contributed by atoms with van der Waals surface area (Å²) in [5.74, 6) is 1.74. The van der Waals surface area contributed by atoms with Crippen LogP contribution in [0, 0.1) is 0 Å². The molecule has 1 aromatic rings. The SMILES string of the molecule is CCCCCCC(C)Nc1ncccc1OCCC. The second-order valence-corrected chi connectivity index (χ2v) is 5.09. The lowest BCUT2D eigenvalue weighted by molar-refractivity contribution is 0.317. The van der Waals surface area contributed by atoms with E-state index < -0.39 is 0 Å². The van der Waals surface area contributed by atoms with Crippen LogP contribution < -0.4 is 10.1 Å². The minimum absolute atomic E-state index is 0.440. The molecule has 19 heavy (non-hydrogen) atoms. The van der Waals surface area contributed by atoms with E-state index in [1.54, 1.807) is 0 Å². The molecule has 0 aliphatic rings. The number of unbranched alkanes of at least 4 members (excludes halogenated alkanes) is 3. The van der Waals surface area contributed by atoms with Gasteiger partial charge in [0.2, 0.25) is 0 Å². The van der Waals surface area contributed by atoms with Crippen LogP contribution >= 0.6 is 0 Å². The number of hydrogen-bond acceptors (Lipinski definition) is 3. The Hall–Kier alpha value is -1.25. The quantitative estimate of drug-likeness (QED) is 0.625. The second kappa shape index (κ2) is 9.65. The van der Waals surface area contributed by atoms with E-state index in [0.29, 0.717) is 6.04 Å². The Morgan fingerprint density at radius 1 is 1.21 bits per heavy atom. The molecule has 0 aliphatic carbocycles. The maximum Gasteiger partial charge on any atom is 0.168 e. The highest BCUT2D eigenvalue weighted by Crippen LogP contribution is 2.22. The molecule has 1 rings (SSSR count). The highest BCUT2D eigenvalue weighted by atomic mass is 16.5. The molecule has 0 saturated carbocycles. The first kappa shape index (κ1) is 15.8. The first-order valence-electron chi connectivity index (χ1n) is 7.62. The van der Waals surface area contributed by atoms with Crippen LogP contribution in [0.1, 0.15) is 59.3 Å². The summed E-state index contributed by atoms with van der Waals surface area (Å²) in [6.45, 7) is 7.31. The second-order valence-electron chi connectivity index (χ2n) is 5.09. The normalized spacial score (nSPS) is 12.2. The summed E-state index contributed by atoms with van der Waals surface area (Å²) >= 11 is 0. The van der Waals surface area contributed by atoms with Gasteiger partial charge >= 0.3 is 0 Å². The Morgan fingerprint density at radius 2 is 2.05 bits per heavy atom. The van der Waals surface area contributed by atoms with Crippen molar-refractivity contribution in [3.8, 4) is 5.75 Å². The van der Waals surface area contributed by atoms with Crippen LogP contribution in [0.2, 0.25) is 0 Å². The van der Waals surface area contributed by atoms with Gasteiger partial charge in [0.05, 0.1) is 6.61 Å². The minimum atomic E-state index is 0.440. The average Bonchev–Trinajstić information content (AvgIpc) is 2.43. The molecule has 1 unspecified atom stereocenters. The predicted molar refractivity (Wildman–Crippen MR) is 81.9 cm³/mol. The van der Waals surface area contributed by atoms with E-state index in [1.165, 1.54) is 32.1 Å². The fraction of sp³-hybridized carbons (Fsp3) is 0.688. The number of pyridine rings is 1. The fourth-order valence-electron chi connectivity index (χ4n) is 2.01. The van der Waals surface area contributed by atoms with Crippen molar-refractivity contribution in [2.75, 3.05) is 11.9 Å². The van der Waals surface area contributed by atoms with Crippen LogP contribution in [0.15, 0.2) is 18.3 Å². The van der Waals surface area contributed by atoms with Gasteiger partial charge in [-0.15, -0.1) is 0 Å². The summed E-state index contributed by atoms with van der Waals surface area (Å²) in [6.07, 6.45) is 9.23. The number of ether oxygens (including phenoxy) is 1. The maximum atomic E-state index is 5.71. The summed E-state index contributed by atoms with van der Waals surface area (Å²) in [7, 11) is 0. The van der Waals surface area contributed by atoms with Gasteiger partial charge in [-0.2, -0.15) is 0 Å². The van der Waals surface area contributed by atoms with Gasteiger partial charge in [0, 0.05) is 12.2 Å². The fourth-order valence-corrected chi connectivity index (χ4v) is 2.01. The van der Waals surface area contributed by atoms with E-state index in [2.05, 4.69) is 31.1 Å². The van der Waals surface area contributed by atoms with E-state index in [0.717, 1.165) is 24.6 Å². The van der Waals surface area contributed by atoms with Gasteiger partial charge in [0.15, 0.2) is 11.6 Å². The topological polar surface area (TPSA) is 34.2 Å². The largest absolute Gasteiger partial charge is 0.490 e. The molecule has 1 aromatic heterocycles. The van der Waals surface area contributed by atoms with Crippen molar-refractivity contribution in [2.45, 2.75) is 65.3 Å². The molecule has 108 valence electrons. The van der Waals surface area contributed by atoms with Crippen molar-refractivity contribution in [1.82, 2.24) is 4.98 Å². The van der Waals surface area contributed by atoms with Gasteiger partial charge in [0.1, 0.15) is 0 Å². The van der Waals surface area contributed by atoms with Crippen molar-refractivity contribution in [1.29, 1.82) is 0 Å². The van der Waals surface area contributed by atoms with Crippen LogP contribution in [0.3, 0.4) is 0 Å². The van der Waals surface area contributed by atoms with Gasteiger partial charge in [-0.3, -0.25) is 0 Å². The molecule has 0 aromatic carbocycles. The standard InChI is InChI=1S/C16H28N2O/c1-4-6-7-8-10-14(3)18-16-15(19-13-5-2)11-9-12-17-16/h9,11-12,14H,4-8,10,13H2,1-3H3,(H,17,18). The monoisotopic (exact) mass is 264 g/mol. The molecule has 0 spiro atoms. The molecule has 0 saturated heterocycles. The number of anilines is 1. The Bertz CT molecular complexity index is 341. The van der Waals surface area contributed by atoms with Gasteiger partial charge in [-0.25, -0.2) is 4.98 Å². The van der Waals surface area contributed by atoms with E-state index in [1.807, 2.05) is 18.3 Å². The summed E-state index contributed by atoms with van der Waals surface area (Å²) in [5, 5.41) is 3.46. The van der Waals surface area contributed by atoms with Crippen molar-refractivity contribution in [3.05, 3.63) is 18.3 Å². The van der Waals surface area contributed by atoms with Gasteiger partial charge < -0.3 is 10.1 Å². The highest BCUT2D eigenvalue weighted by molar-refractivity contribution is 5.49. The number of nitrogens with one attached hydrogen (secondary N) is 1. The molecular formula is C16H28N2O. The molecule has 0 amide bonds. The zero-order valence-electron chi connectivity index (χ0n) is 12.6. The molecular weight excluding hydrogens is 236 g/mol. The molecule has 1 heterocycles. The molecule has 1 atom stereocenters. The van der Waals surface area contributed by atoms with E-state index in [9.17, 15) is 0 Å². The van der Waals surface area contributed by atoms with Crippen LogP contribution in [0.4, 0.5) is 5.82 Å². The Balaban J connectivity index is 2.41. The van der Waals surface area contributed by atoms with Crippen molar-refractivity contribution in [3.63, 3.8) is 0 Å². The lowest BCUT2D eigenvalue weighted by Crippen LogP contribution is -2.16. The molecule has 1 N–H and O–H groups in total. The van der Waals surface area contributed by atoms with Gasteiger partial charge in [0.25, 0.3) is 0 Å². The number of rotatable bonds is 10. The first-order valence-corrected chi connectivity index (χ1v) is 7.62. The molecule has 0 bridgehead atoms. The minimum Gasteiger partial charge on any atom is -0.490 e. The zero-order valence-corrected chi connectivity index (χ0v) is 12.6. The molecule has 0 radical (unpaired) electrons. The first-order chi connectivity index (χ1) is 9.27. The smallest absolute Gasteiger partial charge is 0.168 e. The third-order valence-electron chi connectivity index (χ3n) is 3.11. The molecule has 3 nitrogen and oxygen atoms in total. The van der Waals surface area contributed by atoms with Gasteiger partial charge in [-0.1, -0.05) is 39.5 Å². The number of hydrogen-bond donors (Lipinski definition) is 1. The highest BCUT2D eigenvalue weighted by Gasteiger charge is 2.08. The van der Waals surface area contributed by atoms with Crippen LogP contribution in [0.5, 0.6) is 5.75 Å². The summed E-state index contributed by atoms with van der Waals surface area (Å²) in [4.78, 5) is 4.38. The summed E-state index contributed by atoms with van der Waals surface area (Å²) in [6, 6.07) is 4.34. The number of aromatic nitrogens is 1. The third kappa shape index (κ3) is 6.46. The number of nitrogens with zero attached hydrogens (tertiary/aromatic N) is 1. The van der Waals surface area contributed by atoms with Crippen molar-refractivity contribution < 1.29 is 4.74 Å². The summed E-state index contributed by atoms with van der Waals surface area (Å²) in [5.41, 5.74) is 0. The lowest BCUT2D eigenvalue weighted by atomic mass is 10.1. The zero-order chi connectivity index (χ0) is 13.9. The van der Waals surface area contributed by atoms with E-state index in [-0.39, 0.29) is 0 Å². The van der Waals surface area contributed by atoms with Gasteiger partial charge in [-0.05, 0) is 31.9 Å². The van der Waals surface area contributed by atoms with Crippen LogP contribution in [-0.2, 0) is 0 Å². The third-order valence-corrected chi connectivity index (χ3v) is 3.11. The molecule has 0 aliphatic heterocycles. The van der Waals surface area contributed by atoms with Crippen molar-refractivity contribution in [2.24, 2.45) is 0 Å². The van der Waals surface area contributed by atoms with E-state index >= 15 is 0 Å². The lowest BCUT2D eigenvalue weighted by Gasteiger charge is -2.17. The van der Waals surface area contributed by atoms with E-state index in [4.69, 9.17) is 4.74 Å². The Kier molecular flexibility index (Phi) is 8.03. The maximum absolute atomic E-state index is 5.71. The van der Waals surface area contributed by atoms with Crippen LogP contribution in [0.25, 0.3) is 0 Å². The average molecular weight is 264 g/mol. The molecule has 0 fully saturated rings. The van der Waals surface area contributed by atoms with Crippen LogP contribution in [-0.4, -0.2) is 17.6 Å². The Labute approximate surface area is 117 Å².